The van der Waals surface area contributed by atoms with Crippen LogP contribution in [0.25, 0.3) is 0 Å². The molecule has 0 aliphatic carbocycles. The molecular formula is C10H19LiO5S. The second-order valence-corrected chi connectivity index (χ2v) is 4.09. The molecule has 5 nitrogen and oxygen atoms in total. The summed E-state index contributed by atoms with van der Waals surface area (Å²) in [5.41, 5.74) is 0.396. The average molecular weight is 258 g/mol. The van der Waals surface area contributed by atoms with E-state index in [1.54, 1.807) is 6.92 Å². The Bertz CT molecular complexity index is 293. The van der Waals surface area contributed by atoms with Crippen LogP contribution in [0.3, 0.4) is 0 Å². The number of carbonyl (C=O) groups excluding carboxylic acids is 1. The van der Waals surface area contributed by atoms with E-state index < -0.39 is 11.0 Å². The first kappa shape index (κ1) is 19.1. The number of carbonyl (C=O) groups is 1. The van der Waals surface area contributed by atoms with Crippen LogP contribution in [0.1, 0.15) is 32.6 Å². The van der Waals surface area contributed by atoms with Gasteiger partial charge in [-0.3, -0.25) is 4.18 Å². The number of thiol groups is 1. The van der Waals surface area contributed by atoms with Crippen LogP contribution < -0.4 is 0 Å². The van der Waals surface area contributed by atoms with Crippen molar-refractivity contribution in [2.75, 3.05) is 13.2 Å². The van der Waals surface area contributed by atoms with Gasteiger partial charge in [0, 0.05) is 5.57 Å². The summed E-state index contributed by atoms with van der Waals surface area (Å²) in [5, 5.41) is 0. The molecule has 96 valence electrons. The molecule has 0 heterocycles. The maximum absolute atomic E-state index is 10.9. The molecule has 0 aromatic carbocycles. The molecular weight excluding hydrogens is 239 g/mol. The number of hydrogen-bond acceptors (Lipinski definition) is 5. The molecule has 0 spiro atoms. The van der Waals surface area contributed by atoms with Crippen molar-refractivity contribution in [3.8, 4) is 0 Å². The molecule has 0 saturated carbocycles. The molecule has 0 unspecified atom stereocenters. The Labute approximate surface area is 116 Å². The number of ether oxygens (including phenoxy) is 1. The average Bonchev–Trinajstić information content (AvgIpc) is 2.21. The monoisotopic (exact) mass is 258 g/mol. The van der Waals surface area contributed by atoms with Crippen molar-refractivity contribution in [1.29, 1.82) is 0 Å². The number of hydrogen-bond donors (Lipinski definition) is 1. The minimum absolute atomic E-state index is 0. The summed E-state index contributed by atoms with van der Waals surface area (Å²) in [5.74, 6) is -0.369. The van der Waals surface area contributed by atoms with Gasteiger partial charge >= 0.3 is 24.8 Å². The zero-order chi connectivity index (χ0) is 12.4. The summed E-state index contributed by atoms with van der Waals surface area (Å²) in [4.78, 5) is 10.9. The van der Waals surface area contributed by atoms with E-state index in [9.17, 15) is 13.2 Å². The van der Waals surface area contributed by atoms with Gasteiger partial charge in [-0.15, -0.1) is 0 Å². The van der Waals surface area contributed by atoms with E-state index >= 15 is 0 Å². The van der Waals surface area contributed by atoms with Gasteiger partial charge < -0.3 is 4.74 Å². The van der Waals surface area contributed by atoms with E-state index in [2.05, 4.69) is 10.8 Å². The standard InChI is InChI=1S/C10H18O5S.Li.H/c1-9(2)10(11)14-7-5-3-4-6-8-15-16(12)13;;/h16H,1,3-8H2,2H3;;. The normalized spacial score (nSPS) is 9.76. The Balaban J connectivity index is 0. The maximum atomic E-state index is 10.9. The Kier molecular flexibility index (Phi) is 13.7. The molecule has 7 heteroatoms. The molecule has 0 aromatic heterocycles. The van der Waals surface area contributed by atoms with Crippen LogP contribution in [0.5, 0.6) is 0 Å². The Morgan fingerprint density at radius 2 is 1.65 bits per heavy atom. The Morgan fingerprint density at radius 1 is 1.12 bits per heavy atom. The van der Waals surface area contributed by atoms with Gasteiger partial charge in [0.15, 0.2) is 0 Å². The molecule has 0 fully saturated rings. The first-order valence-corrected chi connectivity index (χ1v) is 6.23. The van der Waals surface area contributed by atoms with Gasteiger partial charge in [-0.2, -0.15) is 0 Å². The van der Waals surface area contributed by atoms with E-state index in [1.807, 2.05) is 0 Å². The van der Waals surface area contributed by atoms with E-state index in [4.69, 9.17) is 4.74 Å². The predicted octanol–water partition coefficient (Wildman–Crippen LogP) is 0.561. The topological polar surface area (TPSA) is 69.7 Å². The van der Waals surface area contributed by atoms with Crippen molar-refractivity contribution >= 4 is 35.8 Å². The van der Waals surface area contributed by atoms with Gasteiger partial charge in [-0.1, -0.05) is 13.0 Å². The van der Waals surface area contributed by atoms with E-state index in [0.29, 0.717) is 18.6 Å². The Hall–Kier alpha value is -0.283. The fraction of sp³-hybridized carbons (Fsp3) is 0.700. The summed E-state index contributed by atoms with van der Waals surface area (Å²) in [6, 6.07) is 0. The van der Waals surface area contributed by atoms with Crippen LogP contribution in [-0.4, -0.2) is 46.5 Å². The van der Waals surface area contributed by atoms with Gasteiger partial charge in [-0.05, 0) is 26.2 Å². The zero-order valence-electron chi connectivity index (χ0n) is 9.44. The fourth-order valence-corrected chi connectivity index (χ4v) is 1.26. The fourth-order valence-electron chi connectivity index (χ4n) is 0.985. The van der Waals surface area contributed by atoms with Crippen molar-refractivity contribution in [1.82, 2.24) is 0 Å². The number of rotatable bonds is 9. The molecule has 0 N–H and O–H groups in total. The Morgan fingerprint density at radius 3 is 2.12 bits per heavy atom. The number of esters is 1. The van der Waals surface area contributed by atoms with Gasteiger partial charge in [-0.25, -0.2) is 13.2 Å². The quantitative estimate of drug-likeness (QED) is 0.215. The zero-order valence-corrected chi connectivity index (χ0v) is 10.3. The first-order valence-electron chi connectivity index (χ1n) is 5.14. The minimum atomic E-state index is -2.72. The number of unbranched alkanes of at least 4 members (excludes halogenated alkanes) is 3. The van der Waals surface area contributed by atoms with Crippen LogP contribution in [0.15, 0.2) is 12.2 Å². The molecule has 0 amide bonds. The SMILES string of the molecule is C=C(C)C(=O)OCCCCCCO[SH](=O)=O.[LiH]. The molecule has 0 radical (unpaired) electrons. The molecule has 0 bridgehead atoms. The summed E-state index contributed by atoms with van der Waals surface area (Å²) in [7, 11) is -2.72. The third-order valence-corrected chi connectivity index (χ3v) is 2.21. The second-order valence-electron chi connectivity index (χ2n) is 3.39. The molecule has 0 rings (SSSR count). The summed E-state index contributed by atoms with van der Waals surface area (Å²) in [6.07, 6.45) is 3.19. The second kappa shape index (κ2) is 12.2. The van der Waals surface area contributed by atoms with Gasteiger partial charge in [0.25, 0.3) is 11.0 Å². The van der Waals surface area contributed by atoms with Crippen molar-refractivity contribution in [3.63, 3.8) is 0 Å². The molecule has 0 aromatic rings. The molecule has 0 atom stereocenters. The van der Waals surface area contributed by atoms with Crippen molar-refractivity contribution in [3.05, 3.63) is 12.2 Å². The van der Waals surface area contributed by atoms with E-state index in [-0.39, 0.29) is 31.4 Å². The van der Waals surface area contributed by atoms with Crippen molar-refractivity contribution < 1.29 is 22.1 Å². The van der Waals surface area contributed by atoms with Crippen molar-refractivity contribution in [2.45, 2.75) is 32.6 Å². The molecule has 17 heavy (non-hydrogen) atoms. The third-order valence-electron chi connectivity index (χ3n) is 1.82. The van der Waals surface area contributed by atoms with Crippen molar-refractivity contribution in [2.24, 2.45) is 0 Å². The van der Waals surface area contributed by atoms with Crippen LogP contribution in [0, 0.1) is 0 Å². The molecule has 0 saturated heterocycles. The van der Waals surface area contributed by atoms with Crippen LogP contribution in [0.4, 0.5) is 0 Å². The van der Waals surface area contributed by atoms with Crippen LogP contribution in [0.2, 0.25) is 0 Å². The predicted molar refractivity (Wildman–Crippen MR) is 67.7 cm³/mol. The summed E-state index contributed by atoms with van der Waals surface area (Å²) in [6.45, 7) is 5.67. The summed E-state index contributed by atoms with van der Waals surface area (Å²) >= 11 is 0. The van der Waals surface area contributed by atoms with Gasteiger partial charge in [0.1, 0.15) is 0 Å². The third kappa shape index (κ3) is 13.7. The van der Waals surface area contributed by atoms with Crippen LogP contribution in [-0.2, 0) is 24.7 Å². The molecule has 0 aliphatic rings. The van der Waals surface area contributed by atoms with Gasteiger partial charge in [0.2, 0.25) is 0 Å². The van der Waals surface area contributed by atoms with E-state index in [1.165, 1.54) is 0 Å². The molecule has 0 aliphatic heterocycles. The van der Waals surface area contributed by atoms with Gasteiger partial charge in [0.05, 0.1) is 13.2 Å². The van der Waals surface area contributed by atoms with E-state index in [0.717, 1.165) is 19.3 Å². The summed E-state index contributed by atoms with van der Waals surface area (Å²) < 4.78 is 29.3. The van der Waals surface area contributed by atoms with Crippen LogP contribution >= 0.6 is 0 Å². The first-order chi connectivity index (χ1) is 7.54.